The minimum absolute atomic E-state index is 0.0679. The first kappa shape index (κ1) is 49.4. The molecule has 0 aliphatic carbocycles. The number of methoxy groups -OCH3 is 7. The number of phenolic OH excluding ortho intramolecular Hbond substituents is 4. The van der Waals surface area contributed by atoms with Gasteiger partial charge in [0.25, 0.3) is 0 Å². The molecule has 1 aliphatic rings. The molecule has 6 aromatic rings. The third-order valence-electron chi connectivity index (χ3n) is 10.1. The highest BCUT2D eigenvalue weighted by atomic mass is 16.5. The summed E-state index contributed by atoms with van der Waals surface area (Å²) in [6.45, 7) is 0. The van der Waals surface area contributed by atoms with Crippen molar-refractivity contribution in [2.75, 3.05) is 49.8 Å². The molecule has 0 radical (unpaired) electrons. The van der Waals surface area contributed by atoms with Crippen LogP contribution >= 0.6 is 0 Å². The normalized spacial score (nSPS) is 12.6. The lowest BCUT2D eigenvalue weighted by atomic mass is 9.95. The van der Waals surface area contributed by atoms with Gasteiger partial charge in [-0.3, -0.25) is 14.4 Å². The molecule has 67 heavy (non-hydrogen) atoms. The number of hydrogen-bond donors (Lipinski definition) is 4. The molecule has 1 aliphatic heterocycles. The van der Waals surface area contributed by atoms with Crippen LogP contribution in [-0.4, -0.2) is 87.5 Å². The fraction of sp³-hybridized carbons (Fsp3) is 0.173. The van der Waals surface area contributed by atoms with Crippen molar-refractivity contribution < 1.29 is 72.7 Å². The summed E-state index contributed by atoms with van der Waals surface area (Å²) in [5.41, 5.74) is 2.84. The zero-order valence-electron chi connectivity index (χ0n) is 37.8. The number of ether oxygens (including phenoxy) is 8. The zero-order valence-corrected chi connectivity index (χ0v) is 37.8. The summed E-state index contributed by atoms with van der Waals surface area (Å²) in [4.78, 5) is 36.9. The first-order valence-electron chi connectivity index (χ1n) is 20.3. The summed E-state index contributed by atoms with van der Waals surface area (Å²) in [6.07, 6.45) is 5.74. The van der Waals surface area contributed by atoms with Crippen molar-refractivity contribution in [3.63, 3.8) is 0 Å². The van der Waals surface area contributed by atoms with Crippen molar-refractivity contribution in [2.45, 2.75) is 12.5 Å². The SMILES string of the molecule is COc1cc(O)c(C(=O)/C=C/c2ccc(O)cc2)c(OC)c1.COc1ccc(/C=C/C(=O)c2c(O)cc(OC)cc2OC)cc1.COc1ccc(C2CC(=O)c3c(O)cc(OC)cc3O2)cc1. The number of aromatic hydroxyl groups is 4. The number of benzene rings is 6. The lowest BCUT2D eigenvalue weighted by molar-refractivity contribution is 0.0843. The first-order valence-corrected chi connectivity index (χ1v) is 20.3. The zero-order chi connectivity index (χ0) is 48.6. The van der Waals surface area contributed by atoms with E-state index in [1.807, 2.05) is 36.4 Å². The van der Waals surface area contributed by atoms with Crippen LogP contribution < -0.4 is 37.9 Å². The molecular weight excluding hydrogens is 865 g/mol. The Hall–Kier alpha value is -8.59. The second kappa shape index (κ2) is 23.4. The minimum Gasteiger partial charge on any atom is -0.508 e. The summed E-state index contributed by atoms with van der Waals surface area (Å²) in [5.74, 6) is 2.28. The van der Waals surface area contributed by atoms with E-state index in [1.54, 1.807) is 62.8 Å². The maximum absolute atomic E-state index is 12.3. The summed E-state index contributed by atoms with van der Waals surface area (Å²) < 4.78 is 41.5. The molecule has 6 aromatic carbocycles. The Balaban J connectivity index is 0.000000188. The van der Waals surface area contributed by atoms with E-state index in [9.17, 15) is 34.8 Å². The van der Waals surface area contributed by atoms with Crippen LogP contribution in [0.1, 0.15) is 60.3 Å². The molecular formula is C52H50O15. The Bertz CT molecular complexity index is 2720. The Kier molecular flexibility index (Phi) is 17.2. The van der Waals surface area contributed by atoms with Gasteiger partial charge < -0.3 is 58.3 Å². The molecule has 348 valence electrons. The van der Waals surface area contributed by atoms with Crippen molar-refractivity contribution in [3.8, 4) is 69.0 Å². The second-order valence-electron chi connectivity index (χ2n) is 14.2. The number of hydrogen-bond acceptors (Lipinski definition) is 15. The average Bonchev–Trinajstić information content (AvgIpc) is 3.34. The van der Waals surface area contributed by atoms with Crippen LogP contribution in [-0.2, 0) is 0 Å². The third-order valence-corrected chi connectivity index (χ3v) is 10.1. The molecule has 0 amide bonds. The predicted octanol–water partition coefficient (Wildman–Crippen LogP) is 9.44. The lowest BCUT2D eigenvalue weighted by Crippen LogP contribution is -2.20. The molecule has 0 fully saturated rings. The summed E-state index contributed by atoms with van der Waals surface area (Å²) >= 11 is 0. The maximum Gasteiger partial charge on any atom is 0.193 e. The van der Waals surface area contributed by atoms with Crippen molar-refractivity contribution in [1.29, 1.82) is 0 Å². The fourth-order valence-electron chi connectivity index (χ4n) is 6.55. The monoisotopic (exact) mass is 914 g/mol. The van der Waals surface area contributed by atoms with E-state index in [0.29, 0.717) is 23.0 Å². The van der Waals surface area contributed by atoms with Gasteiger partial charge in [0.2, 0.25) is 0 Å². The van der Waals surface area contributed by atoms with Gasteiger partial charge in [-0.2, -0.15) is 0 Å². The van der Waals surface area contributed by atoms with Crippen LogP contribution in [0, 0.1) is 0 Å². The molecule has 0 aromatic heterocycles. The van der Waals surface area contributed by atoms with Crippen molar-refractivity contribution in [3.05, 3.63) is 155 Å². The predicted molar refractivity (Wildman–Crippen MR) is 250 cm³/mol. The van der Waals surface area contributed by atoms with Gasteiger partial charge in [0, 0.05) is 36.4 Å². The van der Waals surface area contributed by atoms with Gasteiger partial charge in [-0.15, -0.1) is 0 Å². The molecule has 0 bridgehead atoms. The third kappa shape index (κ3) is 12.8. The van der Waals surface area contributed by atoms with Gasteiger partial charge in [0.05, 0.1) is 56.2 Å². The Morgan fingerprint density at radius 2 is 0.910 bits per heavy atom. The molecule has 0 saturated carbocycles. The van der Waals surface area contributed by atoms with Crippen molar-refractivity contribution in [1.82, 2.24) is 0 Å². The van der Waals surface area contributed by atoms with E-state index >= 15 is 0 Å². The molecule has 0 saturated heterocycles. The highest BCUT2D eigenvalue weighted by molar-refractivity contribution is 6.11. The number of rotatable bonds is 14. The smallest absolute Gasteiger partial charge is 0.193 e. The highest BCUT2D eigenvalue weighted by Crippen LogP contribution is 2.42. The standard InChI is InChI=1S/C18H18O5.2C17H16O5/c1-21-13-7-4-12(5-8-13)6-9-15(19)18-16(20)10-14(22-2)11-17(18)23-3;1-20-11-5-3-10(4-6-11)15-9-14(19)17-13(18)7-12(21-2)8-16(17)22-15;1-21-13-9-15(20)17(16(10-13)22-2)14(19)8-5-11-3-6-12(18)7-4-11/h4-11,20H,1-3H3;3-8,15,18H,9H2,1-2H3;3-10,18,20H,1-2H3/b9-6+;;8-5+. The molecule has 0 spiro atoms. The van der Waals surface area contributed by atoms with E-state index in [1.165, 1.54) is 84.1 Å². The van der Waals surface area contributed by atoms with E-state index < -0.39 is 11.9 Å². The Labute approximate surface area is 387 Å². The summed E-state index contributed by atoms with van der Waals surface area (Å²) in [7, 11) is 10.5. The van der Waals surface area contributed by atoms with E-state index in [0.717, 1.165) is 28.2 Å². The number of carbonyl (C=O) groups excluding carboxylic acids is 3. The number of ketones is 3. The highest BCUT2D eigenvalue weighted by Gasteiger charge is 2.31. The molecule has 4 N–H and O–H groups in total. The Morgan fingerprint density at radius 3 is 1.34 bits per heavy atom. The minimum atomic E-state index is -0.398. The van der Waals surface area contributed by atoms with Crippen molar-refractivity contribution >= 4 is 29.5 Å². The van der Waals surface area contributed by atoms with E-state index in [2.05, 4.69) is 0 Å². The van der Waals surface area contributed by atoms with Gasteiger partial charge in [-0.1, -0.05) is 48.6 Å². The van der Waals surface area contributed by atoms with Crippen LogP contribution in [0.4, 0.5) is 0 Å². The number of Topliss-reactive ketones (excluding diaryl/α,β-unsaturated/α-hetero) is 1. The van der Waals surface area contributed by atoms with E-state index in [4.69, 9.17) is 37.9 Å². The molecule has 1 unspecified atom stereocenters. The fourth-order valence-corrected chi connectivity index (χ4v) is 6.55. The summed E-state index contributed by atoms with van der Waals surface area (Å²) in [5, 5.41) is 39.2. The molecule has 1 atom stereocenters. The van der Waals surface area contributed by atoms with Gasteiger partial charge in [0.15, 0.2) is 17.3 Å². The quantitative estimate of drug-likeness (QED) is 0.0593. The lowest BCUT2D eigenvalue weighted by Gasteiger charge is -2.26. The topological polar surface area (TPSA) is 206 Å². The molecule has 7 rings (SSSR count). The maximum atomic E-state index is 12.3. The van der Waals surface area contributed by atoms with Gasteiger partial charge in [-0.25, -0.2) is 0 Å². The first-order chi connectivity index (χ1) is 32.2. The molecule has 1 heterocycles. The van der Waals surface area contributed by atoms with Crippen LogP contribution in [0.5, 0.6) is 69.0 Å². The van der Waals surface area contributed by atoms with Gasteiger partial charge in [-0.05, 0) is 65.2 Å². The number of carbonyl (C=O) groups is 3. The second-order valence-corrected chi connectivity index (χ2v) is 14.2. The average molecular weight is 915 g/mol. The van der Waals surface area contributed by atoms with Gasteiger partial charge in [0.1, 0.15) is 91.8 Å². The molecule has 15 heteroatoms. The van der Waals surface area contributed by atoms with Crippen LogP contribution in [0.25, 0.3) is 12.2 Å². The molecule has 15 nitrogen and oxygen atoms in total. The Morgan fingerprint density at radius 1 is 0.507 bits per heavy atom. The van der Waals surface area contributed by atoms with Crippen LogP contribution in [0.2, 0.25) is 0 Å². The van der Waals surface area contributed by atoms with Crippen LogP contribution in [0.3, 0.4) is 0 Å². The number of allylic oxidation sites excluding steroid dienone is 2. The van der Waals surface area contributed by atoms with E-state index in [-0.39, 0.29) is 69.2 Å². The number of fused-ring (bicyclic) bond motifs is 1. The largest absolute Gasteiger partial charge is 0.508 e. The van der Waals surface area contributed by atoms with Gasteiger partial charge >= 0.3 is 0 Å². The summed E-state index contributed by atoms with van der Waals surface area (Å²) in [6, 6.07) is 29.8. The van der Waals surface area contributed by atoms with Crippen molar-refractivity contribution in [2.24, 2.45) is 0 Å². The number of phenols is 4. The van der Waals surface area contributed by atoms with Crippen LogP contribution in [0.15, 0.2) is 121 Å².